The number of nitrogens with zero attached hydrogens (tertiary/aromatic N) is 6. The summed E-state index contributed by atoms with van der Waals surface area (Å²) in [6.45, 7) is 4.18. The number of aromatic nitrogens is 4. The van der Waals surface area contributed by atoms with Crippen LogP contribution in [0.15, 0.2) is 39.0 Å². The molecule has 1 atom stereocenters. The van der Waals surface area contributed by atoms with E-state index in [1.54, 1.807) is 24.2 Å². The average molecular weight is 370 g/mol. The van der Waals surface area contributed by atoms with Crippen molar-refractivity contribution in [2.45, 2.75) is 26.4 Å². The van der Waals surface area contributed by atoms with Gasteiger partial charge in [-0.1, -0.05) is 12.1 Å². The van der Waals surface area contributed by atoms with Gasteiger partial charge in [0.2, 0.25) is 5.95 Å². The van der Waals surface area contributed by atoms with Gasteiger partial charge in [0.15, 0.2) is 11.2 Å². The molecule has 2 aromatic heterocycles. The van der Waals surface area contributed by atoms with Gasteiger partial charge in [-0.15, -0.1) is 0 Å². The number of anilines is 1. The normalized spacial score (nSPS) is 16.6. The summed E-state index contributed by atoms with van der Waals surface area (Å²) in [5, 5.41) is 6.27. The number of halogens is 1. The molecule has 0 spiro atoms. The Balaban J connectivity index is 1.95. The van der Waals surface area contributed by atoms with Gasteiger partial charge in [0.25, 0.3) is 5.56 Å². The van der Waals surface area contributed by atoms with Gasteiger partial charge < -0.3 is 0 Å². The molecule has 1 aliphatic heterocycles. The average Bonchev–Trinajstić information content (AvgIpc) is 3.05. The first-order chi connectivity index (χ1) is 12.8. The lowest BCUT2D eigenvalue weighted by molar-refractivity contribution is 0.623. The molecule has 140 valence electrons. The molecule has 1 aliphatic rings. The Morgan fingerprint density at radius 3 is 2.44 bits per heavy atom. The first kappa shape index (κ1) is 17.2. The van der Waals surface area contributed by atoms with E-state index in [2.05, 4.69) is 10.1 Å². The zero-order valence-electron chi connectivity index (χ0n) is 15.5. The second-order valence-corrected chi connectivity index (χ2v) is 6.76. The Morgan fingerprint density at radius 1 is 1.11 bits per heavy atom. The topological polar surface area (TPSA) is 77.4 Å². The van der Waals surface area contributed by atoms with Crippen LogP contribution in [0.1, 0.15) is 25.5 Å². The molecule has 1 aromatic carbocycles. The van der Waals surface area contributed by atoms with Crippen molar-refractivity contribution in [3.63, 3.8) is 0 Å². The Hall–Kier alpha value is -3.23. The van der Waals surface area contributed by atoms with Gasteiger partial charge in [0.1, 0.15) is 5.82 Å². The van der Waals surface area contributed by atoms with Crippen molar-refractivity contribution in [3.05, 3.63) is 56.5 Å². The molecule has 4 rings (SSSR count). The lowest BCUT2D eigenvalue weighted by Crippen LogP contribution is -2.38. The third-order valence-electron chi connectivity index (χ3n) is 5.02. The standard InChI is InChI=1S/C18H19FN6O2/c1-10-11(2)25-14-15(22(3)18(27)23(4)16(14)26)20-17(25)24(21-10)9-12-5-7-13(19)8-6-12/h5-8,11H,9H2,1-4H3. The van der Waals surface area contributed by atoms with E-state index >= 15 is 0 Å². The molecule has 0 N–H and O–H groups in total. The van der Waals surface area contributed by atoms with Gasteiger partial charge in [-0.2, -0.15) is 10.1 Å². The summed E-state index contributed by atoms with van der Waals surface area (Å²) < 4.78 is 17.4. The SMILES string of the molecule is CC1=NN(Cc2ccc(F)cc2)c2nc3c(c(=O)n(C)c(=O)n3C)n2C1C. The molecular formula is C18H19FN6O2. The number of aryl methyl sites for hydroxylation is 1. The minimum Gasteiger partial charge on any atom is -0.294 e. The Kier molecular flexibility index (Phi) is 3.76. The molecule has 0 saturated heterocycles. The van der Waals surface area contributed by atoms with E-state index in [-0.39, 0.29) is 11.9 Å². The Morgan fingerprint density at radius 2 is 1.78 bits per heavy atom. The summed E-state index contributed by atoms with van der Waals surface area (Å²) in [5.74, 6) is 0.169. The van der Waals surface area contributed by atoms with Gasteiger partial charge in [-0.3, -0.25) is 18.5 Å². The van der Waals surface area contributed by atoms with Gasteiger partial charge in [-0.05, 0) is 31.5 Å². The Bertz CT molecular complexity index is 1200. The number of rotatable bonds is 2. The molecule has 0 fully saturated rings. The molecule has 3 heterocycles. The van der Waals surface area contributed by atoms with Crippen molar-refractivity contribution in [1.82, 2.24) is 18.7 Å². The van der Waals surface area contributed by atoms with Gasteiger partial charge in [0.05, 0.1) is 18.3 Å². The van der Waals surface area contributed by atoms with Crippen LogP contribution in [0.2, 0.25) is 0 Å². The largest absolute Gasteiger partial charge is 0.332 e. The highest BCUT2D eigenvalue weighted by Crippen LogP contribution is 2.30. The molecule has 3 aromatic rings. The zero-order chi connectivity index (χ0) is 19.5. The number of fused-ring (bicyclic) bond motifs is 3. The zero-order valence-corrected chi connectivity index (χ0v) is 15.5. The van der Waals surface area contributed by atoms with Crippen molar-refractivity contribution < 1.29 is 4.39 Å². The molecule has 9 heteroatoms. The fourth-order valence-corrected chi connectivity index (χ4v) is 3.33. The third kappa shape index (κ3) is 2.49. The van der Waals surface area contributed by atoms with Crippen LogP contribution < -0.4 is 16.3 Å². The van der Waals surface area contributed by atoms with Crippen LogP contribution in [0.4, 0.5) is 10.3 Å². The van der Waals surface area contributed by atoms with E-state index in [9.17, 15) is 14.0 Å². The van der Waals surface area contributed by atoms with E-state index in [0.717, 1.165) is 15.8 Å². The third-order valence-corrected chi connectivity index (χ3v) is 5.02. The summed E-state index contributed by atoms with van der Waals surface area (Å²) in [4.78, 5) is 29.6. The predicted molar refractivity (Wildman–Crippen MR) is 101 cm³/mol. The number of benzene rings is 1. The van der Waals surface area contributed by atoms with Crippen LogP contribution >= 0.6 is 0 Å². The number of hydrogen-bond donors (Lipinski definition) is 0. The Labute approximate surface area is 153 Å². The van der Waals surface area contributed by atoms with E-state index in [1.165, 1.54) is 23.7 Å². The smallest absolute Gasteiger partial charge is 0.294 e. The van der Waals surface area contributed by atoms with Gasteiger partial charge >= 0.3 is 5.69 Å². The summed E-state index contributed by atoms with van der Waals surface area (Å²) in [5.41, 5.74) is 1.51. The van der Waals surface area contributed by atoms with E-state index in [1.807, 2.05) is 18.4 Å². The van der Waals surface area contributed by atoms with Crippen LogP contribution in [0.3, 0.4) is 0 Å². The molecule has 1 unspecified atom stereocenters. The highest BCUT2D eigenvalue weighted by Gasteiger charge is 2.30. The maximum atomic E-state index is 13.2. The van der Waals surface area contributed by atoms with Crippen molar-refractivity contribution in [3.8, 4) is 0 Å². The van der Waals surface area contributed by atoms with E-state index in [0.29, 0.717) is 23.7 Å². The fraction of sp³-hybridized carbons (Fsp3) is 0.333. The van der Waals surface area contributed by atoms with Gasteiger partial charge in [-0.25, -0.2) is 14.2 Å². The van der Waals surface area contributed by atoms with E-state index < -0.39 is 11.2 Å². The molecule has 0 amide bonds. The second-order valence-electron chi connectivity index (χ2n) is 6.76. The first-order valence-electron chi connectivity index (χ1n) is 8.54. The summed E-state index contributed by atoms with van der Waals surface area (Å²) in [6, 6.07) is 5.96. The summed E-state index contributed by atoms with van der Waals surface area (Å²) in [6.07, 6.45) is 0. The molecule has 0 bridgehead atoms. The number of imidazole rings is 1. The second kappa shape index (κ2) is 5.90. The number of hydrazone groups is 1. The van der Waals surface area contributed by atoms with Gasteiger partial charge in [0, 0.05) is 14.1 Å². The van der Waals surface area contributed by atoms with Crippen LogP contribution in [-0.2, 0) is 20.6 Å². The maximum absolute atomic E-state index is 13.2. The minimum atomic E-state index is -0.432. The van der Waals surface area contributed by atoms with Crippen molar-refractivity contribution in [2.75, 3.05) is 5.01 Å². The molecule has 0 radical (unpaired) electrons. The van der Waals surface area contributed by atoms with Crippen LogP contribution in [-0.4, -0.2) is 24.4 Å². The molecule has 27 heavy (non-hydrogen) atoms. The molecular weight excluding hydrogens is 351 g/mol. The fourth-order valence-electron chi connectivity index (χ4n) is 3.33. The van der Waals surface area contributed by atoms with Crippen LogP contribution in [0.25, 0.3) is 11.2 Å². The van der Waals surface area contributed by atoms with Crippen LogP contribution in [0.5, 0.6) is 0 Å². The quantitative estimate of drug-likeness (QED) is 0.685. The lowest BCUT2D eigenvalue weighted by atomic mass is 10.2. The highest BCUT2D eigenvalue weighted by molar-refractivity contribution is 5.91. The molecule has 0 saturated carbocycles. The lowest BCUT2D eigenvalue weighted by Gasteiger charge is -2.29. The number of hydrogen-bond acceptors (Lipinski definition) is 5. The predicted octanol–water partition coefficient (Wildman–Crippen LogP) is 1.53. The monoisotopic (exact) mass is 370 g/mol. The van der Waals surface area contributed by atoms with Crippen molar-refractivity contribution in [2.24, 2.45) is 19.2 Å². The highest BCUT2D eigenvalue weighted by atomic mass is 19.1. The van der Waals surface area contributed by atoms with E-state index in [4.69, 9.17) is 0 Å². The summed E-state index contributed by atoms with van der Waals surface area (Å²) in [7, 11) is 3.04. The summed E-state index contributed by atoms with van der Waals surface area (Å²) >= 11 is 0. The van der Waals surface area contributed by atoms with Crippen LogP contribution in [0, 0.1) is 5.82 Å². The van der Waals surface area contributed by atoms with Crippen molar-refractivity contribution >= 4 is 22.8 Å². The molecule has 8 nitrogen and oxygen atoms in total. The minimum absolute atomic E-state index is 0.181. The van der Waals surface area contributed by atoms with Crippen molar-refractivity contribution in [1.29, 1.82) is 0 Å². The molecule has 0 aliphatic carbocycles. The maximum Gasteiger partial charge on any atom is 0.332 e. The first-order valence-corrected chi connectivity index (χ1v) is 8.54.